The number of amides is 1. The van der Waals surface area contributed by atoms with Gasteiger partial charge in [-0.25, -0.2) is 8.42 Å². The zero-order valence-corrected chi connectivity index (χ0v) is 20.4. The van der Waals surface area contributed by atoms with E-state index in [-0.39, 0.29) is 22.0 Å². The number of nitrogens with one attached hydrogen (secondary N) is 2. The maximum atomic E-state index is 13.0. The van der Waals surface area contributed by atoms with Gasteiger partial charge in [-0.3, -0.25) is 4.79 Å². The SMILES string of the molecule is O=C(NCC1([NH+]2CCCCC2)CCCCC1)c1cccc(S(=O)(=O)[N-]c2cccc(Cl)c2)c1. The summed E-state index contributed by atoms with van der Waals surface area (Å²) in [5.74, 6) is -0.240. The van der Waals surface area contributed by atoms with E-state index in [1.807, 2.05) is 0 Å². The van der Waals surface area contributed by atoms with E-state index in [4.69, 9.17) is 11.6 Å². The van der Waals surface area contributed by atoms with Gasteiger partial charge in [0.15, 0.2) is 0 Å². The minimum Gasteiger partial charge on any atom is -0.573 e. The fourth-order valence-electron chi connectivity index (χ4n) is 5.27. The number of piperidine rings is 1. The van der Waals surface area contributed by atoms with Crippen LogP contribution in [0.4, 0.5) is 5.69 Å². The van der Waals surface area contributed by atoms with Crippen LogP contribution in [0.5, 0.6) is 0 Å². The zero-order valence-electron chi connectivity index (χ0n) is 18.9. The molecule has 2 aromatic rings. The molecule has 1 aliphatic carbocycles. The maximum absolute atomic E-state index is 13.0. The van der Waals surface area contributed by atoms with Crippen LogP contribution in [0.15, 0.2) is 53.4 Å². The quantitative estimate of drug-likeness (QED) is 0.610. The molecule has 0 atom stereocenters. The number of likely N-dealkylation sites (tertiary alicyclic amines) is 1. The topological polar surface area (TPSA) is 81.8 Å². The molecule has 0 bridgehead atoms. The van der Waals surface area contributed by atoms with Crippen LogP contribution >= 0.6 is 11.6 Å². The molecule has 1 amide bonds. The van der Waals surface area contributed by atoms with Gasteiger partial charge in [0.2, 0.25) is 0 Å². The van der Waals surface area contributed by atoms with Gasteiger partial charge >= 0.3 is 0 Å². The number of rotatable bonds is 7. The van der Waals surface area contributed by atoms with Crippen molar-refractivity contribution in [3.05, 3.63) is 63.8 Å². The molecule has 0 aromatic heterocycles. The number of halogens is 1. The van der Waals surface area contributed by atoms with Crippen molar-refractivity contribution >= 4 is 33.2 Å². The molecule has 6 nitrogen and oxygen atoms in total. The third kappa shape index (κ3) is 5.89. The molecule has 33 heavy (non-hydrogen) atoms. The first kappa shape index (κ1) is 24.0. The van der Waals surface area contributed by atoms with E-state index < -0.39 is 10.0 Å². The number of hydrogen-bond donors (Lipinski definition) is 2. The molecule has 1 saturated carbocycles. The molecular weight excluding hydrogens is 458 g/mol. The Morgan fingerprint density at radius 2 is 1.67 bits per heavy atom. The smallest absolute Gasteiger partial charge is 0.251 e. The van der Waals surface area contributed by atoms with Crippen molar-refractivity contribution in [3.8, 4) is 0 Å². The van der Waals surface area contributed by atoms with Crippen molar-refractivity contribution < 1.29 is 18.1 Å². The van der Waals surface area contributed by atoms with E-state index >= 15 is 0 Å². The molecule has 0 unspecified atom stereocenters. The Kier molecular flexibility index (Phi) is 7.62. The minimum atomic E-state index is -3.97. The van der Waals surface area contributed by atoms with Gasteiger partial charge in [-0.1, -0.05) is 42.3 Å². The Morgan fingerprint density at radius 1 is 0.970 bits per heavy atom. The van der Waals surface area contributed by atoms with Crippen molar-refractivity contribution in [1.82, 2.24) is 5.32 Å². The largest absolute Gasteiger partial charge is 0.573 e. The first-order chi connectivity index (χ1) is 15.9. The summed E-state index contributed by atoms with van der Waals surface area (Å²) in [5.41, 5.74) is 0.679. The summed E-state index contributed by atoms with van der Waals surface area (Å²) in [6.45, 7) is 2.98. The summed E-state index contributed by atoms with van der Waals surface area (Å²) < 4.78 is 29.5. The average molecular weight is 490 g/mol. The van der Waals surface area contributed by atoms with Crippen LogP contribution in [0, 0.1) is 0 Å². The van der Waals surface area contributed by atoms with Crippen LogP contribution in [0.3, 0.4) is 0 Å². The van der Waals surface area contributed by atoms with Gasteiger partial charge in [-0.2, -0.15) is 0 Å². The van der Waals surface area contributed by atoms with Crippen LogP contribution in [0.25, 0.3) is 4.72 Å². The van der Waals surface area contributed by atoms with E-state index in [1.165, 1.54) is 69.8 Å². The molecule has 1 aliphatic heterocycles. The summed E-state index contributed by atoms with van der Waals surface area (Å²) in [6, 6.07) is 12.5. The molecule has 4 rings (SSSR count). The Morgan fingerprint density at radius 3 is 2.39 bits per heavy atom. The van der Waals surface area contributed by atoms with Crippen molar-refractivity contribution in [2.45, 2.75) is 61.8 Å². The number of carbonyl (C=O) groups excluding carboxylic acids is 1. The second-order valence-corrected chi connectivity index (χ2v) is 11.3. The number of sulfonamides is 1. The molecule has 8 heteroatoms. The van der Waals surface area contributed by atoms with Crippen LogP contribution < -0.4 is 10.2 Å². The van der Waals surface area contributed by atoms with Crippen LogP contribution in [-0.4, -0.2) is 39.5 Å². The van der Waals surface area contributed by atoms with Gasteiger partial charge in [0.25, 0.3) is 5.91 Å². The highest BCUT2D eigenvalue weighted by atomic mass is 35.5. The van der Waals surface area contributed by atoms with Crippen LogP contribution in [0.2, 0.25) is 5.02 Å². The standard InChI is InChI=1S/C25H31ClN3O3S/c26-21-10-8-11-22(18-21)28-33(31,32)23-12-7-9-20(17-23)24(30)27-19-25(13-3-1-4-14-25)29-15-5-2-6-16-29/h7-12,17-18H,1-6,13-16,19H2,(H,27,30)/q-1/p+1. The molecule has 1 saturated heterocycles. The molecule has 0 radical (unpaired) electrons. The highest BCUT2D eigenvalue weighted by molar-refractivity contribution is 7.94. The first-order valence-corrected chi connectivity index (χ1v) is 13.7. The van der Waals surface area contributed by atoms with Gasteiger partial charge < -0.3 is 14.9 Å². The van der Waals surface area contributed by atoms with E-state index in [9.17, 15) is 13.2 Å². The van der Waals surface area contributed by atoms with Gasteiger partial charge in [-0.05, 0) is 56.4 Å². The summed E-state index contributed by atoms with van der Waals surface area (Å²) in [5, 5.41) is 3.55. The lowest BCUT2D eigenvalue weighted by atomic mass is 9.79. The number of benzene rings is 2. The highest BCUT2D eigenvalue weighted by Crippen LogP contribution is 2.30. The van der Waals surface area contributed by atoms with Crippen molar-refractivity contribution in [1.29, 1.82) is 0 Å². The molecular formula is C25H32ClN3O3S. The summed E-state index contributed by atoms with van der Waals surface area (Å²) >= 11 is 5.94. The van der Waals surface area contributed by atoms with Crippen molar-refractivity contribution in [2.75, 3.05) is 19.6 Å². The second-order valence-electron chi connectivity index (χ2n) is 9.26. The highest BCUT2D eigenvalue weighted by Gasteiger charge is 2.42. The molecule has 178 valence electrons. The summed E-state index contributed by atoms with van der Waals surface area (Å²) in [7, 11) is -3.97. The van der Waals surface area contributed by atoms with E-state index in [0.29, 0.717) is 17.1 Å². The lowest BCUT2D eigenvalue weighted by Crippen LogP contribution is -3.22. The third-order valence-corrected chi connectivity index (χ3v) is 8.57. The number of quaternary nitrogens is 1. The van der Waals surface area contributed by atoms with Gasteiger partial charge in [0.1, 0.15) is 15.6 Å². The van der Waals surface area contributed by atoms with Crippen LogP contribution in [-0.2, 0) is 10.0 Å². The maximum Gasteiger partial charge on any atom is 0.251 e. The molecule has 1 heterocycles. The average Bonchev–Trinajstić information content (AvgIpc) is 2.83. The minimum absolute atomic E-state index is 0.0100. The summed E-state index contributed by atoms with van der Waals surface area (Å²) in [6.07, 6.45) is 9.75. The van der Waals surface area contributed by atoms with Gasteiger partial charge in [0, 0.05) is 23.4 Å². The van der Waals surface area contributed by atoms with E-state index in [1.54, 1.807) is 35.2 Å². The number of hydrogen-bond acceptors (Lipinski definition) is 3. The molecule has 2 aromatic carbocycles. The predicted molar refractivity (Wildman–Crippen MR) is 131 cm³/mol. The second kappa shape index (κ2) is 10.5. The Hall–Kier alpha value is -2.09. The summed E-state index contributed by atoms with van der Waals surface area (Å²) in [4.78, 5) is 14.7. The fourth-order valence-corrected chi connectivity index (χ4v) is 6.47. The number of nitrogens with zero attached hydrogens (tertiary/aromatic N) is 1. The lowest BCUT2D eigenvalue weighted by molar-refractivity contribution is -0.957. The first-order valence-electron chi connectivity index (χ1n) is 11.9. The third-order valence-electron chi connectivity index (χ3n) is 7.03. The molecule has 2 aliphatic rings. The molecule has 0 spiro atoms. The Labute approximate surface area is 201 Å². The predicted octanol–water partition coefficient (Wildman–Crippen LogP) is 4.24. The van der Waals surface area contributed by atoms with E-state index in [0.717, 1.165) is 12.8 Å². The van der Waals surface area contributed by atoms with Crippen molar-refractivity contribution in [2.24, 2.45) is 0 Å². The Bertz CT molecular complexity index is 1080. The van der Waals surface area contributed by atoms with Gasteiger partial charge in [-0.15, -0.1) is 5.69 Å². The Balaban J connectivity index is 1.46. The van der Waals surface area contributed by atoms with Crippen LogP contribution in [0.1, 0.15) is 61.7 Å². The monoisotopic (exact) mass is 489 g/mol. The number of carbonyl (C=O) groups is 1. The molecule has 2 fully saturated rings. The zero-order chi connectivity index (χ0) is 23.3. The fraction of sp³-hybridized carbons (Fsp3) is 0.480. The van der Waals surface area contributed by atoms with E-state index in [2.05, 4.69) is 10.0 Å². The van der Waals surface area contributed by atoms with Crippen molar-refractivity contribution in [3.63, 3.8) is 0 Å². The molecule has 2 N–H and O–H groups in total. The normalized spacial score (nSPS) is 19.1. The van der Waals surface area contributed by atoms with Gasteiger partial charge in [0.05, 0.1) is 24.5 Å². The lowest BCUT2D eigenvalue weighted by Gasteiger charge is -2.45.